The first kappa shape index (κ1) is 14.7. The molecule has 118 valence electrons. The molecule has 2 heterocycles. The highest BCUT2D eigenvalue weighted by atomic mass is 35.5. The van der Waals surface area contributed by atoms with Crippen molar-refractivity contribution in [1.82, 2.24) is 9.88 Å². The summed E-state index contributed by atoms with van der Waals surface area (Å²) in [6.07, 6.45) is 2.46. The maximum absolute atomic E-state index is 10.3. The highest BCUT2D eigenvalue weighted by molar-refractivity contribution is 7.11. The van der Waals surface area contributed by atoms with Gasteiger partial charge in [-0.2, -0.15) is 0 Å². The second-order valence-corrected chi connectivity index (χ2v) is 7.34. The van der Waals surface area contributed by atoms with Crippen molar-refractivity contribution in [3.05, 3.63) is 45.4 Å². The van der Waals surface area contributed by atoms with Gasteiger partial charge in [-0.05, 0) is 30.9 Å². The van der Waals surface area contributed by atoms with Crippen LogP contribution in [0.4, 0.5) is 0 Å². The van der Waals surface area contributed by atoms with Gasteiger partial charge in [-0.1, -0.05) is 23.7 Å². The van der Waals surface area contributed by atoms with Gasteiger partial charge in [-0.15, -0.1) is 11.3 Å². The molecule has 1 aliphatic carbocycles. The van der Waals surface area contributed by atoms with Crippen molar-refractivity contribution in [3.63, 3.8) is 0 Å². The number of nitrogens with zero attached hydrogens (tertiary/aromatic N) is 2. The van der Waals surface area contributed by atoms with E-state index >= 15 is 0 Å². The molecule has 1 aliphatic heterocycles. The Kier molecular flexibility index (Phi) is 3.62. The summed E-state index contributed by atoms with van der Waals surface area (Å²) in [5.74, 6) is 1.32. The third-order valence-electron chi connectivity index (χ3n) is 4.20. The summed E-state index contributed by atoms with van der Waals surface area (Å²) in [7, 11) is 0. The lowest BCUT2D eigenvalue weighted by atomic mass is 10.2. The molecule has 4 rings (SSSR count). The van der Waals surface area contributed by atoms with Crippen LogP contribution in [0.15, 0.2) is 35.4 Å². The minimum atomic E-state index is 0.252. The van der Waals surface area contributed by atoms with Crippen LogP contribution in [0.5, 0.6) is 0 Å². The summed E-state index contributed by atoms with van der Waals surface area (Å²) in [5, 5.41) is 21.9. The van der Waals surface area contributed by atoms with E-state index in [4.69, 9.17) is 17.0 Å². The molecule has 1 aromatic carbocycles. The van der Waals surface area contributed by atoms with E-state index < -0.39 is 0 Å². The van der Waals surface area contributed by atoms with Gasteiger partial charge in [0.05, 0.1) is 17.8 Å². The molecule has 4 nitrogen and oxygen atoms in total. The minimum absolute atomic E-state index is 0.252. The number of rotatable bonds is 4. The van der Waals surface area contributed by atoms with Crippen LogP contribution >= 0.6 is 22.9 Å². The fourth-order valence-electron chi connectivity index (χ4n) is 2.80. The smallest absolute Gasteiger partial charge is 0.135 e. The van der Waals surface area contributed by atoms with Crippen LogP contribution in [-0.4, -0.2) is 33.9 Å². The second-order valence-electron chi connectivity index (χ2n) is 6.04. The van der Waals surface area contributed by atoms with Crippen LogP contribution in [0.2, 0.25) is 5.02 Å². The molecule has 1 fully saturated rings. The molecule has 2 aliphatic rings. The molecule has 0 spiro atoms. The highest BCUT2D eigenvalue weighted by Crippen LogP contribution is 2.36. The number of nitrogens with one attached hydrogen (secondary N) is 1. The quantitative estimate of drug-likeness (QED) is 0.861. The van der Waals surface area contributed by atoms with E-state index in [2.05, 4.69) is 4.98 Å². The number of thiazole rings is 1. The fourth-order valence-corrected chi connectivity index (χ4v) is 3.88. The number of hydrogen-bond acceptors (Lipinski definition) is 4. The van der Waals surface area contributed by atoms with Gasteiger partial charge >= 0.3 is 0 Å². The zero-order valence-corrected chi connectivity index (χ0v) is 14.0. The Bertz CT molecular complexity index is 810. The predicted octanol–water partition coefficient (Wildman–Crippen LogP) is 4.44. The SMILES string of the molecule is N=C1C(c2nc(-c3cccc(Cl)c3)cs2)=C(O)CN1CC1CC1. The van der Waals surface area contributed by atoms with Crippen molar-refractivity contribution in [1.29, 1.82) is 5.41 Å². The Morgan fingerprint density at radius 1 is 1.39 bits per heavy atom. The maximum atomic E-state index is 10.3. The molecule has 0 unspecified atom stereocenters. The van der Waals surface area contributed by atoms with Crippen molar-refractivity contribution < 1.29 is 5.11 Å². The molecule has 6 heteroatoms. The summed E-state index contributed by atoms with van der Waals surface area (Å²) in [5.41, 5.74) is 2.34. The van der Waals surface area contributed by atoms with Crippen molar-refractivity contribution in [2.24, 2.45) is 5.92 Å². The Balaban J connectivity index is 1.61. The summed E-state index contributed by atoms with van der Waals surface area (Å²) in [6.45, 7) is 1.29. The molecule has 2 N–H and O–H groups in total. The molecule has 0 amide bonds. The van der Waals surface area contributed by atoms with Crippen molar-refractivity contribution in [3.8, 4) is 11.3 Å². The molecule has 23 heavy (non-hydrogen) atoms. The topological polar surface area (TPSA) is 60.2 Å². The van der Waals surface area contributed by atoms with E-state index in [9.17, 15) is 5.11 Å². The highest BCUT2D eigenvalue weighted by Gasteiger charge is 2.34. The average Bonchev–Trinajstić information content (AvgIpc) is 3.13. The van der Waals surface area contributed by atoms with Crippen molar-refractivity contribution in [2.75, 3.05) is 13.1 Å². The van der Waals surface area contributed by atoms with Gasteiger partial charge < -0.3 is 10.0 Å². The molecule has 0 atom stereocenters. The predicted molar refractivity (Wildman–Crippen MR) is 94.1 cm³/mol. The van der Waals surface area contributed by atoms with Gasteiger partial charge in [0.15, 0.2) is 0 Å². The lowest BCUT2D eigenvalue weighted by Gasteiger charge is -2.17. The Morgan fingerprint density at radius 3 is 2.96 bits per heavy atom. The molecular formula is C17H16ClN3OS. The van der Waals surface area contributed by atoms with Crippen LogP contribution in [0.1, 0.15) is 17.8 Å². The van der Waals surface area contributed by atoms with Crippen molar-refractivity contribution >= 4 is 34.3 Å². The number of aromatic nitrogens is 1. The van der Waals surface area contributed by atoms with Crippen LogP contribution in [0, 0.1) is 11.3 Å². The lowest BCUT2D eigenvalue weighted by molar-refractivity contribution is 0.343. The van der Waals surface area contributed by atoms with Gasteiger partial charge in [0.2, 0.25) is 0 Å². The van der Waals surface area contributed by atoms with Gasteiger partial charge in [-0.25, -0.2) is 4.98 Å². The van der Waals surface area contributed by atoms with E-state index in [1.165, 1.54) is 24.2 Å². The van der Waals surface area contributed by atoms with Crippen LogP contribution in [0.25, 0.3) is 16.8 Å². The number of benzene rings is 1. The Hall–Kier alpha value is -1.85. The van der Waals surface area contributed by atoms with Gasteiger partial charge in [0, 0.05) is 22.5 Å². The third-order valence-corrected chi connectivity index (χ3v) is 5.29. The normalized spacial score (nSPS) is 18.1. The van der Waals surface area contributed by atoms with E-state index in [0.29, 0.717) is 33.9 Å². The second kappa shape index (κ2) is 5.65. The first-order chi connectivity index (χ1) is 11.1. The van der Waals surface area contributed by atoms with Crippen LogP contribution < -0.4 is 0 Å². The maximum Gasteiger partial charge on any atom is 0.135 e. The lowest BCUT2D eigenvalue weighted by Crippen LogP contribution is -2.28. The van der Waals surface area contributed by atoms with Crippen molar-refractivity contribution in [2.45, 2.75) is 12.8 Å². The fraction of sp³-hybridized carbons (Fsp3) is 0.294. The summed E-state index contributed by atoms with van der Waals surface area (Å²) < 4.78 is 0. The molecule has 2 aromatic rings. The van der Waals surface area contributed by atoms with Gasteiger partial charge in [0.25, 0.3) is 0 Å². The van der Waals surface area contributed by atoms with E-state index in [1.54, 1.807) is 0 Å². The largest absolute Gasteiger partial charge is 0.510 e. The number of hydrogen-bond donors (Lipinski definition) is 2. The summed E-state index contributed by atoms with van der Waals surface area (Å²) >= 11 is 7.49. The Labute approximate surface area is 143 Å². The zero-order valence-electron chi connectivity index (χ0n) is 12.4. The standard InChI is InChI=1S/C17H16ClN3OS/c18-12-3-1-2-11(6-12)13-9-23-17(20-13)15-14(22)8-21(16(15)19)7-10-4-5-10/h1-3,6,9-10,19,22H,4-5,7-8H2. The number of halogens is 1. The summed E-state index contributed by atoms with van der Waals surface area (Å²) in [6, 6.07) is 7.55. The molecule has 1 aromatic heterocycles. The number of aliphatic hydroxyl groups is 1. The Morgan fingerprint density at radius 2 is 2.22 bits per heavy atom. The first-order valence-corrected chi connectivity index (χ1v) is 8.85. The molecule has 0 radical (unpaired) electrons. The number of aliphatic hydroxyl groups excluding tert-OH is 1. The number of amidine groups is 1. The molecular weight excluding hydrogens is 330 g/mol. The molecule has 0 saturated heterocycles. The van der Waals surface area contributed by atoms with Gasteiger partial charge in [0.1, 0.15) is 16.6 Å². The van der Waals surface area contributed by atoms with E-state index in [0.717, 1.165) is 17.8 Å². The van der Waals surface area contributed by atoms with E-state index in [1.807, 2.05) is 34.5 Å². The average molecular weight is 346 g/mol. The molecule has 0 bridgehead atoms. The van der Waals surface area contributed by atoms with Crippen LogP contribution in [-0.2, 0) is 0 Å². The zero-order chi connectivity index (χ0) is 16.0. The summed E-state index contributed by atoms with van der Waals surface area (Å²) in [4.78, 5) is 6.56. The molecule has 1 saturated carbocycles. The van der Waals surface area contributed by atoms with Gasteiger partial charge in [-0.3, -0.25) is 5.41 Å². The van der Waals surface area contributed by atoms with Crippen LogP contribution in [0.3, 0.4) is 0 Å². The first-order valence-electron chi connectivity index (χ1n) is 7.59. The monoisotopic (exact) mass is 345 g/mol. The van der Waals surface area contributed by atoms with E-state index in [-0.39, 0.29) is 5.76 Å². The minimum Gasteiger partial charge on any atom is -0.510 e. The third kappa shape index (κ3) is 2.86.